The second-order valence-electron chi connectivity index (χ2n) is 5.72. The lowest BCUT2D eigenvalue weighted by Gasteiger charge is -2.09. The van der Waals surface area contributed by atoms with Crippen LogP contribution in [0.5, 0.6) is 0 Å². The summed E-state index contributed by atoms with van der Waals surface area (Å²) in [7, 11) is 1.97. The SMILES string of the molecule is Cn1ccnc1-c1nc2[nH]ncc2cc1-c1ccccc1.O=C(O)C(F)(F)F. The number of carboxylic acids is 1. The van der Waals surface area contributed by atoms with Gasteiger partial charge in [0, 0.05) is 30.4 Å². The summed E-state index contributed by atoms with van der Waals surface area (Å²) < 4.78 is 33.7. The van der Waals surface area contributed by atoms with Gasteiger partial charge in [-0.1, -0.05) is 30.3 Å². The fourth-order valence-corrected chi connectivity index (χ4v) is 2.48. The fraction of sp³-hybridized carbons (Fsp3) is 0.111. The lowest BCUT2D eigenvalue weighted by molar-refractivity contribution is -0.192. The second kappa shape index (κ2) is 7.51. The number of aromatic amines is 1. The third-order valence-corrected chi connectivity index (χ3v) is 3.79. The fourth-order valence-electron chi connectivity index (χ4n) is 2.48. The van der Waals surface area contributed by atoms with E-state index in [2.05, 4.69) is 33.4 Å². The molecule has 0 spiro atoms. The van der Waals surface area contributed by atoms with Crippen molar-refractivity contribution in [3.63, 3.8) is 0 Å². The number of hydrogen-bond donors (Lipinski definition) is 2. The highest BCUT2D eigenvalue weighted by Gasteiger charge is 2.38. The van der Waals surface area contributed by atoms with Crippen molar-refractivity contribution >= 4 is 17.0 Å². The Bertz CT molecular complexity index is 1100. The minimum atomic E-state index is -5.08. The Morgan fingerprint density at radius 2 is 1.89 bits per heavy atom. The highest BCUT2D eigenvalue weighted by atomic mass is 19.4. The van der Waals surface area contributed by atoms with Crippen molar-refractivity contribution < 1.29 is 23.1 Å². The summed E-state index contributed by atoms with van der Waals surface area (Å²) in [5.41, 5.74) is 3.79. The number of aliphatic carboxylic acids is 1. The highest BCUT2D eigenvalue weighted by molar-refractivity contribution is 5.88. The van der Waals surface area contributed by atoms with Gasteiger partial charge in [-0.3, -0.25) is 5.10 Å². The first kappa shape index (κ1) is 19.1. The van der Waals surface area contributed by atoms with E-state index in [-0.39, 0.29) is 0 Å². The molecule has 0 bridgehead atoms. The second-order valence-corrected chi connectivity index (χ2v) is 5.72. The number of nitrogens with zero attached hydrogens (tertiary/aromatic N) is 4. The van der Waals surface area contributed by atoms with Crippen molar-refractivity contribution in [2.24, 2.45) is 7.05 Å². The van der Waals surface area contributed by atoms with E-state index in [1.165, 1.54) is 0 Å². The quantitative estimate of drug-likeness (QED) is 0.545. The zero-order valence-corrected chi connectivity index (χ0v) is 14.5. The largest absolute Gasteiger partial charge is 0.490 e. The number of pyridine rings is 1. The smallest absolute Gasteiger partial charge is 0.475 e. The first-order valence-corrected chi connectivity index (χ1v) is 7.94. The van der Waals surface area contributed by atoms with Crippen molar-refractivity contribution in [2.75, 3.05) is 0 Å². The summed E-state index contributed by atoms with van der Waals surface area (Å²) in [4.78, 5) is 18.0. The molecule has 0 fully saturated rings. The van der Waals surface area contributed by atoms with Gasteiger partial charge in [0.15, 0.2) is 11.5 Å². The third-order valence-electron chi connectivity index (χ3n) is 3.79. The zero-order chi connectivity index (χ0) is 20.3. The molecule has 2 N–H and O–H groups in total. The maximum atomic E-state index is 10.6. The molecule has 4 aromatic rings. The minimum absolute atomic E-state index is 0.771. The monoisotopic (exact) mass is 389 g/mol. The van der Waals surface area contributed by atoms with Crippen LogP contribution in [0, 0.1) is 0 Å². The van der Waals surface area contributed by atoms with Gasteiger partial charge in [0.05, 0.1) is 6.20 Å². The highest BCUT2D eigenvalue weighted by Crippen LogP contribution is 2.31. The van der Waals surface area contributed by atoms with Crippen LogP contribution in [0.25, 0.3) is 33.7 Å². The zero-order valence-electron chi connectivity index (χ0n) is 14.5. The van der Waals surface area contributed by atoms with Crippen molar-refractivity contribution in [1.29, 1.82) is 0 Å². The van der Waals surface area contributed by atoms with Gasteiger partial charge in [0.25, 0.3) is 0 Å². The lowest BCUT2D eigenvalue weighted by Crippen LogP contribution is -2.21. The van der Waals surface area contributed by atoms with Crippen LogP contribution >= 0.6 is 0 Å². The predicted molar refractivity (Wildman–Crippen MR) is 95.2 cm³/mol. The van der Waals surface area contributed by atoms with Gasteiger partial charge in [-0.2, -0.15) is 18.3 Å². The van der Waals surface area contributed by atoms with E-state index in [0.717, 1.165) is 33.7 Å². The Morgan fingerprint density at radius 1 is 1.21 bits per heavy atom. The maximum Gasteiger partial charge on any atom is 0.490 e. The molecule has 4 rings (SSSR count). The molecule has 0 aliphatic carbocycles. The van der Waals surface area contributed by atoms with Crippen LogP contribution in [-0.2, 0) is 11.8 Å². The molecule has 144 valence electrons. The van der Waals surface area contributed by atoms with E-state index < -0.39 is 12.1 Å². The minimum Gasteiger partial charge on any atom is -0.475 e. The Hall–Kier alpha value is -3.69. The molecule has 3 aromatic heterocycles. The van der Waals surface area contributed by atoms with E-state index in [4.69, 9.17) is 14.9 Å². The van der Waals surface area contributed by atoms with Crippen molar-refractivity contribution in [3.05, 3.63) is 55.0 Å². The van der Waals surface area contributed by atoms with Gasteiger partial charge in [-0.15, -0.1) is 0 Å². The maximum absolute atomic E-state index is 10.6. The van der Waals surface area contributed by atoms with Gasteiger partial charge < -0.3 is 9.67 Å². The molecule has 0 amide bonds. The van der Waals surface area contributed by atoms with Crippen LogP contribution in [0.1, 0.15) is 0 Å². The molecule has 28 heavy (non-hydrogen) atoms. The summed E-state index contributed by atoms with van der Waals surface area (Å²) in [6, 6.07) is 12.3. The number of fused-ring (bicyclic) bond motifs is 1. The average Bonchev–Trinajstić information content (AvgIpc) is 3.29. The number of benzene rings is 1. The molecule has 3 heterocycles. The molecule has 10 heteroatoms. The molecule has 0 atom stereocenters. The van der Waals surface area contributed by atoms with Crippen LogP contribution in [-0.4, -0.2) is 42.0 Å². The first-order chi connectivity index (χ1) is 13.3. The summed E-state index contributed by atoms with van der Waals surface area (Å²) in [6.07, 6.45) is 0.406. The molecule has 0 radical (unpaired) electrons. The van der Waals surface area contributed by atoms with E-state index >= 15 is 0 Å². The molecule has 1 aromatic carbocycles. The molecular weight excluding hydrogens is 375 g/mol. The first-order valence-electron chi connectivity index (χ1n) is 7.94. The average molecular weight is 389 g/mol. The van der Waals surface area contributed by atoms with Crippen LogP contribution in [0.3, 0.4) is 0 Å². The van der Waals surface area contributed by atoms with Crippen molar-refractivity contribution in [2.45, 2.75) is 6.18 Å². The van der Waals surface area contributed by atoms with Gasteiger partial charge in [-0.05, 0) is 11.6 Å². The summed E-state index contributed by atoms with van der Waals surface area (Å²) in [5, 5.41) is 15.1. The summed E-state index contributed by atoms with van der Waals surface area (Å²) >= 11 is 0. The van der Waals surface area contributed by atoms with Gasteiger partial charge in [0.2, 0.25) is 0 Å². The van der Waals surface area contributed by atoms with Crippen LogP contribution in [0.15, 0.2) is 55.0 Å². The van der Waals surface area contributed by atoms with Crippen LogP contribution in [0.4, 0.5) is 13.2 Å². The predicted octanol–water partition coefficient (Wildman–Crippen LogP) is 3.66. The number of aromatic nitrogens is 5. The van der Waals surface area contributed by atoms with E-state index in [1.807, 2.05) is 36.0 Å². The summed E-state index contributed by atoms with van der Waals surface area (Å²) in [5.74, 6) is -1.92. The Balaban J connectivity index is 0.000000279. The number of imidazole rings is 1. The number of alkyl halides is 3. The number of aryl methyl sites for hydroxylation is 1. The van der Waals surface area contributed by atoms with Gasteiger partial charge in [0.1, 0.15) is 5.69 Å². The normalized spacial score (nSPS) is 11.1. The molecule has 0 saturated heterocycles. The van der Waals surface area contributed by atoms with Crippen LogP contribution < -0.4 is 0 Å². The number of H-pyrrole nitrogens is 1. The van der Waals surface area contributed by atoms with Gasteiger partial charge >= 0.3 is 12.1 Å². The Morgan fingerprint density at radius 3 is 2.46 bits per heavy atom. The van der Waals surface area contributed by atoms with E-state index in [0.29, 0.717) is 0 Å². The lowest BCUT2D eigenvalue weighted by atomic mass is 10.0. The number of rotatable bonds is 2. The van der Waals surface area contributed by atoms with Gasteiger partial charge in [-0.25, -0.2) is 14.8 Å². The molecular formula is C18H14F3N5O2. The molecule has 0 saturated carbocycles. The van der Waals surface area contributed by atoms with Crippen molar-refractivity contribution in [3.8, 4) is 22.6 Å². The molecule has 0 aliphatic rings. The molecule has 7 nitrogen and oxygen atoms in total. The molecule has 0 unspecified atom stereocenters. The number of hydrogen-bond acceptors (Lipinski definition) is 4. The third kappa shape index (κ3) is 4.00. The van der Waals surface area contributed by atoms with Crippen molar-refractivity contribution in [1.82, 2.24) is 24.7 Å². The van der Waals surface area contributed by atoms with E-state index in [9.17, 15) is 13.2 Å². The number of carbonyl (C=O) groups is 1. The Labute approximate surface area is 156 Å². The number of halogens is 3. The standard InChI is InChI=1S/C16H13N5.C2HF3O2/c1-21-8-7-17-16(21)14-13(11-5-3-2-4-6-11)9-12-10-18-20-15(12)19-14;3-2(4,5)1(6)7/h2-10H,1H3,(H,18,19,20);(H,6,7). The Kier molecular flexibility index (Phi) is 5.12. The topological polar surface area (TPSA) is 96.7 Å². The van der Waals surface area contributed by atoms with Crippen LogP contribution in [0.2, 0.25) is 0 Å². The summed E-state index contributed by atoms with van der Waals surface area (Å²) in [6.45, 7) is 0. The molecule has 0 aliphatic heterocycles. The number of carboxylic acid groups (broad SMARTS) is 1. The van der Waals surface area contributed by atoms with E-state index in [1.54, 1.807) is 12.4 Å². The number of nitrogens with one attached hydrogen (secondary N) is 1.